The second-order valence-corrected chi connectivity index (χ2v) is 2.32. The van der Waals surface area contributed by atoms with Crippen molar-refractivity contribution in [2.45, 2.75) is 19.8 Å². The Morgan fingerprint density at radius 2 is 1.83 bits per heavy atom. The number of halogens is 2. The van der Waals surface area contributed by atoms with Gasteiger partial charge in [0.25, 0.3) is 0 Å². The molecular formula is C6H10Cl2O4. The standard InChI is InChI=1S/C5H9ClO2.CHClO2/c1-2-3-4-8-5(6)7;2-1(3)4/h2-4H2,1H3;(H,3,4). The first kappa shape index (κ1) is 14.1. The number of hydrogen-bond donors (Lipinski definition) is 1. The minimum absolute atomic E-state index is 0.443. The first-order valence-corrected chi connectivity index (χ1v) is 3.97. The van der Waals surface area contributed by atoms with E-state index >= 15 is 0 Å². The average Bonchev–Trinajstić information content (AvgIpc) is 1.86. The first-order valence-electron chi connectivity index (χ1n) is 3.21. The summed E-state index contributed by atoms with van der Waals surface area (Å²) in [5.74, 6) is 0. The third-order valence-electron chi connectivity index (χ3n) is 0.713. The molecule has 72 valence electrons. The van der Waals surface area contributed by atoms with E-state index in [0.717, 1.165) is 12.8 Å². The molecule has 0 fully saturated rings. The molecule has 6 heteroatoms. The van der Waals surface area contributed by atoms with Crippen molar-refractivity contribution in [3.63, 3.8) is 0 Å². The lowest BCUT2D eigenvalue weighted by Gasteiger charge is -1.94. The monoisotopic (exact) mass is 216 g/mol. The molecule has 0 aliphatic heterocycles. The van der Waals surface area contributed by atoms with Gasteiger partial charge in [0, 0.05) is 23.2 Å². The van der Waals surface area contributed by atoms with Crippen LogP contribution in [0.1, 0.15) is 19.8 Å². The molecule has 0 aliphatic rings. The van der Waals surface area contributed by atoms with E-state index in [1.807, 2.05) is 6.92 Å². The maximum Gasteiger partial charge on any atom is 0.403 e. The second kappa shape index (κ2) is 10.5. The van der Waals surface area contributed by atoms with Gasteiger partial charge in [0.05, 0.1) is 6.61 Å². The van der Waals surface area contributed by atoms with Crippen LogP contribution in [0.4, 0.5) is 9.59 Å². The van der Waals surface area contributed by atoms with E-state index in [4.69, 9.17) is 21.5 Å². The predicted octanol–water partition coefficient (Wildman–Crippen LogP) is 3.07. The zero-order chi connectivity index (χ0) is 9.98. The Morgan fingerprint density at radius 3 is 2.08 bits per heavy atom. The van der Waals surface area contributed by atoms with Crippen molar-refractivity contribution in [1.82, 2.24) is 0 Å². The molecule has 0 heterocycles. The Bertz CT molecular complexity index is 134. The minimum atomic E-state index is -1.36. The van der Waals surface area contributed by atoms with Gasteiger partial charge in [-0.15, -0.1) is 0 Å². The number of carbonyl (C=O) groups is 2. The van der Waals surface area contributed by atoms with Crippen LogP contribution in [0.15, 0.2) is 0 Å². The van der Waals surface area contributed by atoms with E-state index < -0.39 is 10.9 Å². The fourth-order valence-electron chi connectivity index (χ4n) is 0.297. The molecular weight excluding hydrogens is 207 g/mol. The SMILES string of the molecule is CCCCOC(=O)Cl.O=C(O)Cl. The number of hydrogen-bond acceptors (Lipinski definition) is 3. The molecule has 12 heavy (non-hydrogen) atoms. The Balaban J connectivity index is 0. The summed E-state index contributed by atoms with van der Waals surface area (Å²) in [7, 11) is 0. The van der Waals surface area contributed by atoms with E-state index in [2.05, 4.69) is 16.3 Å². The number of rotatable bonds is 3. The van der Waals surface area contributed by atoms with Crippen molar-refractivity contribution < 1.29 is 19.4 Å². The van der Waals surface area contributed by atoms with Gasteiger partial charge < -0.3 is 9.84 Å². The van der Waals surface area contributed by atoms with Gasteiger partial charge >= 0.3 is 10.9 Å². The summed E-state index contributed by atoms with van der Waals surface area (Å²) < 4.78 is 4.41. The summed E-state index contributed by atoms with van der Waals surface area (Å²) in [5, 5.41) is 7.18. The number of ether oxygens (including phenoxy) is 1. The van der Waals surface area contributed by atoms with Crippen LogP contribution in [0.3, 0.4) is 0 Å². The quantitative estimate of drug-likeness (QED) is 0.582. The summed E-state index contributed by atoms with van der Waals surface area (Å²) in [6.45, 7) is 2.46. The van der Waals surface area contributed by atoms with Crippen molar-refractivity contribution in [1.29, 1.82) is 0 Å². The highest BCUT2D eigenvalue weighted by molar-refractivity contribution is 6.61. The third-order valence-corrected chi connectivity index (χ3v) is 0.823. The Morgan fingerprint density at radius 1 is 1.42 bits per heavy atom. The molecule has 0 amide bonds. The number of unbranched alkanes of at least 4 members (excludes halogenated alkanes) is 1. The van der Waals surface area contributed by atoms with Crippen LogP contribution in [0, 0.1) is 0 Å². The van der Waals surface area contributed by atoms with Gasteiger partial charge in [0.2, 0.25) is 0 Å². The molecule has 1 N–H and O–H groups in total. The highest BCUT2D eigenvalue weighted by atomic mass is 35.5. The zero-order valence-corrected chi connectivity index (χ0v) is 8.06. The van der Waals surface area contributed by atoms with Crippen LogP contribution in [-0.4, -0.2) is 22.6 Å². The normalized spacial score (nSPS) is 7.92. The molecule has 0 atom stereocenters. The second-order valence-electron chi connectivity index (χ2n) is 1.69. The van der Waals surface area contributed by atoms with Crippen LogP contribution < -0.4 is 0 Å². The zero-order valence-electron chi connectivity index (χ0n) is 6.55. The third kappa shape index (κ3) is 33.8. The van der Waals surface area contributed by atoms with Gasteiger partial charge in [-0.05, 0) is 6.42 Å². The smallest absolute Gasteiger partial charge is 0.403 e. The summed E-state index contributed by atoms with van der Waals surface area (Å²) in [6, 6.07) is 0. The molecule has 0 bridgehead atoms. The van der Waals surface area contributed by atoms with Gasteiger partial charge in [-0.3, -0.25) is 0 Å². The maximum absolute atomic E-state index is 9.86. The van der Waals surface area contributed by atoms with E-state index in [-0.39, 0.29) is 0 Å². The molecule has 0 unspecified atom stereocenters. The molecule has 0 saturated carbocycles. The van der Waals surface area contributed by atoms with Gasteiger partial charge in [-0.2, -0.15) is 0 Å². The van der Waals surface area contributed by atoms with Gasteiger partial charge in [-0.25, -0.2) is 9.59 Å². The highest BCUT2D eigenvalue weighted by Gasteiger charge is 1.91. The molecule has 0 aliphatic carbocycles. The van der Waals surface area contributed by atoms with Crippen molar-refractivity contribution in [2.75, 3.05) is 6.61 Å². The predicted molar refractivity (Wildman–Crippen MR) is 46.0 cm³/mol. The lowest BCUT2D eigenvalue weighted by Crippen LogP contribution is -1.94. The Labute approximate surface area is 80.4 Å². The fourth-order valence-corrected chi connectivity index (χ4v) is 0.374. The van der Waals surface area contributed by atoms with E-state index in [0.29, 0.717) is 6.61 Å². The van der Waals surface area contributed by atoms with E-state index in [9.17, 15) is 4.79 Å². The Kier molecular flexibility index (Phi) is 12.3. The van der Waals surface area contributed by atoms with Crippen molar-refractivity contribution in [2.24, 2.45) is 0 Å². The fraction of sp³-hybridized carbons (Fsp3) is 0.667. The molecule has 4 nitrogen and oxygen atoms in total. The Hall–Kier alpha value is -0.480. The van der Waals surface area contributed by atoms with E-state index in [1.54, 1.807) is 0 Å². The minimum Gasteiger partial charge on any atom is -0.469 e. The van der Waals surface area contributed by atoms with Gasteiger partial charge in [0.1, 0.15) is 0 Å². The summed E-state index contributed by atoms with van der Waals surface area (Å²) in [4.78, 5) is 18.6. The number of carbonyl (C=O) groups excluding carboxylic acids is 1. The van der Waals surface area contributed by atoms with Crippen LogP contribution in [-0.2, 0) is 4.74 Å². The first-order chi connectivity index (χ1) is 5.50. The summed E-state index contributed by atoms with van der Waals surface area (Å²) in [6.07, 6.45) is 1.91. The largest absolute Gasteiger partial charge is 0.469 e. The number of carboxylic acid groups (broad SMARTS) is 1. The van der Waals surface area contributed by atoms with Crippen LogP contribution in [0.2, 0.25) is 0 Å². The van der Waals surface area contributed by atoms with Crippen LogP contribution in [0.5, 0.6) is 0 Å². The average molecular weight is 217 g/mol. The molecule has 0 aromatic rings. The molecule has 0 spiro atoms. The lowest BCUT2D eigenvalue weighted by molar-refractivity contribution is 0.171. The molecule has 0 rings (SSSR count). The van der Waals surface area contributed by atoms with E-state index in [1.165, 1.54) is 0 Å². The molecule has 0 aromatic carbocycles. The topological polar surface area (TPSA) is 63.6 Å². The van der Waals surface area contributed by atoms with Gasteiger partial charge in [-0.1, -0.05) is 13.3 Å². The van der Waals surface area contributed by atoms with Crippen LogP contribution >= 0.6 is 23.2 Å². The highest BCUT2D eigenvalue weighted by Crippen LogP contribution is 1.91. The van der Waals surface area contributed by atoms with Gasteiger partial charge in [0.15, 0.2) is 0 Å². The summed E-state index contributed by atoms with van der Waals surface area (Å²) in [5.41, 5.74) is -2.07. The summed E-state index contributed by atoms with van der Waals surface area (Å²) >= 11 is 9.04. The molecule has 0 aromatic heterocycles. The van der Waals surface area contributed by atoms with Crippen molar-refractivity contribution in [3.8, 4) is 0 Å². The van der Waals surface area contributed by atoms with Crippen molar-refractivity contribution in [3.05, 3.63) is 0 Å². The maximum atomic E-state index is 9.86. The van der Waals surface area contributed by atoms with Crippen molar-refractivity contribution >= 4 is 34.1 Å². The molecule has 0 radical (unpaired) electrons. The lowest BCUT2D eigenvalue weighted by atomic mass is 10.4. The van der Waals surface area contributed by atoms with Crippen LogP contribution in [0.25, 0.3) is 0 Å². The molecule has 0 saturated heterocycles.